The van der Waals surface area contributed by atoms with E-state index < -0.39 is 4.92 Å². The van der Waals surface area contributed by atoms with E-state index in [0.29, 0.717) is 15.4 Å². The first-order chi connectivity index (χ1) is 10.1. The maximum absolute atomic E-state index is 10.9. The molecular formula is C14H16N2O4S2. The van der Waals surface area contributed by atoms with Crippen LogP contribution < -0.4 is 5.73 Å². The highest BCUT2D eigenvalue weighted by molar-refractivity contribution is 7.18. The van der Waals surface area contributed by atoms with Crippen LogP contribution in [0.5, 0.6) is 0 Å². The monoisotopic (exact) mass is 340 g/mol. The zero-order chi connectivity index (χ0) is 17.0. The lowest BCUT2D eigenvalue weighted by molar-refractivity contribution is -0.380. The molecule has 2 N–H and O–H groups in total. The smallest absolute Gasteiger partial charge is 0.325 e. The number of nitrogens with zero attached hydrogens (tertiary/aromatic N) is 1. The Bertz CT molecular complexity index is 731. The summed E-state index contributed by atoms with van der Waals surface area (Å²) in [6, 6.07) is 3.24. The summed E-state index contributed by atoms with van der Waals surface area (Å²) < 4.78 is 0. The largest absolute Gasteiger partial charge is 0.391 e. The lowest BCUT2D eigenvalue weighted by atomic mass is 10.2. The van der Waals surface area contributed by atoms with E-state index in [1.807, 2.05) is 13.0 Å². The van der Waals surface area contributed by atoms with E-state index in [0.717, 1.165) is 21.8 Å². The lowest BCUT2D eigenvalue weighted by Crippen LogP contribution is -1.88. The average Bonchev–Trinajstić information content (AvgIpc) is 2.93. The number of nitrogen functional groups attached to an aromatic ring is 1. The molecule has 0 atom stereocenters. The fourth-order valence-electron chi connectivity index (χ4n) is 1.76. The molecule has 0 aliphatic carbocycles. The number of aryl methyl sites for hydroxylation is 2. The highest BCUT2D eigenvalue weighted by Crippen LogP contribution is 2.28. The molecule has 0 spiro atoms. The minimum absolute atomic E-state index is 0.0256. The summed E-state index contributed by atoms with van der Waals surface area (Å²) in [5, 5.41) is 11.0. The van der Waals surface area contributed by atoms with Crippen molar-refractivity contribution in [3.63, 3.8) is 0 Å². The molecule has 0 aliphatic heterocycles. The van der Waals surface area contributed by atoms with Gasteiger partial charge in [0.25, 0.3) is 0 Å². The molecule has 2 heterocycles. The Hall–Kier alpha value is -2.06. The zero-order valence-electron chi connectivity index (χ0n) is 12.6. The summed E-state index contributed by atoms with van der Waals surface area (Å²) in [6.45, 7) is 6.55. The van der Waals surface area contributed by atoms with Crippen LogP contribution in [0.15, 0.2) is 12.1 Å². The zero-order valence-corrected chi connectivity index (χ0v) is 14.3. The number of rotatable bonds is 3. The van der Waals surface area contributed by atoms with Gasteiger partial charge in [0.15, 0.2) is 11.6 Å². The Labute approximate surface area is 135 Å². The highest BCUT2D eigenvalue weighted by Gasteiger charge is 2.16. The molecule has 0 saturated carbocycles. The number of Topliss-reactive ketones (excluding diaryl/α,β-unsaturated/α-hetero) is 2. The second kappa shape index (κ2) is 7.28. The van der Waals surface area contributed by atoms with Gasteiger partial charge in [-0.25, -0.2) is 0 Å². The average molecular weight is 340 g/mol. The Morgan fingerprint density at radius 3 is 1.73 bits per heavy atom. The maximum Gasteiger partial charge on any atom is 0.325 e. The van der Waals surface area contributed by atoms with Crippen molar-refractivity contribution in [2.45, 2.75) is 27.7 Å². The Morgan fingerprint density at radius 2 is 1.50 bits per heavy atom. The van der Waals surface area contributed by atoms with Crippen molar-refractivity contribution in [3.05, 3.63) is 43.1 Å². The number of nitro groups is 1. The summed E-state index contributed by atoms with van der Waals surface area (Å²) in [5.74, 6) is -0.0233. The van der Waals surface area contributed by atoms with Crippen molar-refractivity contribution in [2.75, 3.05) is 5.73 Å². The third-order valence-electron chi connectivity index (χ3n) is 2.66. The number of hydrogen-bond donors (Lipinski definition) is 1. The summed E-state index contributed by atoms with van der Waals surface area (Å²) in [5.41, 5.74) is 7.14. The molecular weight excluding hydrogens is 324 g/mol. The maximum atomic E-state index is 10.9. The minimum Gasteiger partial charge on any atom is -0.391 e. The van der Waals surface area contributed by atoms with Gasteiger partial charge in [0.2, 0.25) is 0 Å². The molecule has 2 aromatic rings. The number of carbonyl (C=O) groups excluding carboxylic acids is 2. The molecule has 2 aromatic heterocycles. The van der Waals surface area contributed by atoms with Gasteiger partial charge in [-0.15, -0.1) is 11.3 Å². The molecule has 0 radical (unpaired) electrons. The van der Waals surface area contributed by atoms with Gasteiger partial charge in [0.1, 0.15) is 0 Å². The lowest BCUT2D eigenvalue weighted by Gasteiger charge is -1.87. The van der Waals surface area contributed by atoms with Crippen LogP contribution in [0.1, 0.15) is 44.3 Å². The Balaban J connectivity index is 0.000000224. The van der Waals surface area contributed by atoms with Gasteiger partial charge in [-0.2, -0.15) is 0 Å². The standard InChI is InChI=1S/C7H7NO3S.C7H9NOS/c1-4-3-6(8(10)11)12-7(4)5(2)9;1-4-3-6(8)10-7(4)5(2)9/h3H,1-2H3;3H,8H2,1-2H3. The van der Waals surface area contributed by atoms with Gasteiger partial charge in [-0.05, 0) is 44.9 Å². The number of hydrogen-bond acceptors (Lipinski definition) is 7. The first kappa shape index (κ1) is 18.0. The molecule has 0 bridgehead atoms. The van der Waals surface area contributed by atoms with Gasteiger partial charge < -0.3 is 5.73 Å². The van der Waals surface area contributed by atoms with Crippen LogP contribution in [-0.4, -0.2) is 16.5 Å². The molecule has 0 aromatic carbocycles. The third-order valence-corrected chi connectivity index (χ3v) is 5.12. The van der Waals surface area contributed by atoms with E-state index >= 15 is 0 Å². The number of ketones is 2. The van der Waals surface area contributed by atoms with Crippen LogP contribution in [0.4, 0.5) is 10.0 Å². The molecule has 0 amide bonds. The molecule has 0 saturated heterocycles. The summed E-state index contributed by atoms with van der Waals surface area (Å²) >= 11 is 2.28. The fourth-order valence-corrected chi connectivity index (χ4v) is 3.48. The molecule has 0 fully saturated rings. The van der Waals surface area contributed by atoms with E-state index in [2.05, 4.69) is 0 Å². The van der Waals surface area contributed by atoms with Crippen molar-refractivity contribution in [1.82, 2.24) is 0 Å². The Morgan fingerprint density at radius 1 is 1.05 bits per heavy atom. The van der Waals surface area contributed by atoms with Crippen LogP contribution in [0.2, 0.25) is 0 Å². The second-order valence-corrected chi connectivity index (χ2v) is 6.74. The van der Waals surface area contributed by atoms with E-state index in [1.165, 1.54) is 24.3 Å². The van der Waals surface area contributed by atoms with Crippen LogP contribution in [0, 0.1) is 24.0 Å². The topological polar surface area (TPSA) is 103 Å². The summed E-state index contributed by atoms with van der Waals surface area (Å²) in [4.78, 5) is 32.8. The van der Waals surface area contributed by atoms with Gasteiger partial charge in [-0.1, -0.05) is 11.3 Å². The number of anilines is 1. The molecule has 0 aliphatic rings. The normalized spacial score (nSPS) is 9.82. The number of carbonyl (C=O) groups is 2. The van der Waals surface area contributed by atoms with E-state index in [4.69, 9.17) is 5.73 Å². The van der Waals surface area contributed by atoms with Crippen molar-refractivity contribution >= 4 is 44.2 Å². The van der Waals surface area contributed by atoms with Gasteiger partial charge in [0, 0.05) is 6.07 Å². The van der Waals surface area contributed by atoms with Crippen LogP contribution in [-0.2, 0) is 0 Å². The Kier molecular flexibility index (Phi) is 5.95. The second-order valence-electron chi connectivity index (χ2n) is 4.63. The van der Waals surface area contributed by atoms with Crippen LogP contribution in [0.25, 0.3) is 0 Å². The molecule has 0 unspecified atom stereocenters. The number of nitrogens with two attached hydrogens (primary N) is 1. The van der Waals surface area contributed by atoms with Crippen molar-refractivity contribution in [3.8, 4) is 0 Å². The van der Waals surface area contributed by atoms with E-state index in [-0.39, 0.29) is 16.6 Å². The highest BCUT2D eigenvalue weighted by atomic mass is 32.1. The molecule has 22 heavy (non-hydrogen) atoms. The van der Waals surface area contributed by atoms with Crippen LogP contribution in [0.3, 0.4) is 0 Å². The van der Waals surface area contributed by atoms with E-state index in [1.54, 1.807) is 13.8 Å². The van der Waals surface area contributed by atoms with Crippen molar-refractivity contribution < 1.29 is 14.5 Å². The van der Waals surface area contributed by atoms with Gasteiger partial charge >= 0.3 is 5.00 Å². The first-order valence-electron chi connectivity index (χ1n) is 6.26. The summed E-state index contributed by atoms with van der Waals surface area (Å²) in [7, 11) is 0. The summed E-state index contributed by atoms with van der Waals surface area (Å²) in [6.07, 6.45) is 0. The molecule has 2 rings (SSSR count). The van der Waals surface area contributed by atoms with Gasteiger partial charge in [0.05, 0.1) is 19.7 Å². The third kappa shape index (κ3) is 4.47. The van der Waals surface area contributed by atoms with Gasteiger partial charge in [-0.3, -0.25) is 19.7 Å². The van der Waals surface area contributed by atoms with Crippen molar-refractivity contribution in [1.29, 1.82) is 0 Å². The quantitative estimate of drug-likeness (QED) is 0.516. The molecule has 6 nitrogen and oxygen atoms in total. The van der Waals surface area contributed by atoms with Crippen LogP contribution >= 0.6 is 22.7 Å². The predicted octanol–water partition coefficient (Wildman–Crippen LogP) is 4.01. The first-order valence-corrected chi connectivity index (χ1v) is 7.89. The molecule has 118 valence electrons. The SMILES string of the molecule is CC(=O)c1sc(N)cc1C.CC(=O)c1sc([N+](=O)[O-])cc1C. The van der Waals surface area contributed by atoms with Crippen molar-refractivity contribution in [2.24, 2.45) is 0 Å². The van der Waals surface area contributed by atoms with E-state index in [9.17, 15) is 19.7 Å². The molecule has 8 heteroatoms. The minimum atomic E-state index is -0.482. The predicted molar refractivity (Wildman–Crippen MR) is 89.2 cm³/mol. The fraction of sp³-hybridized carbons (Fsp3) is 0.286. The number of thiophene rings is 2.